The molecule has 410 valence electrons. The molecule has 0 N–H and O–H groups in total. The Morgan fingerprint density at radius 3 is 0.904 bits per heavy atom. The summed E-state index contributed by atoms with van der Waals surface area (Å²) < 4.78 is 16.7. The molecule has 1 unspecified atom stereocenters. The van der Waals surface area contributed by atoms with E-state index in [1.54, 1.807) is 6.08 Å². The Morgan fingerprint density at radius 1 is 0.301 bits per heavy atom. The minimum atomic E-state index is -0.845. The maximum Gasteiger partial charge on any atom is 0.310 e. The lowest BCUT2D eigenvalue weighted by molar-refractivity contribution is -0.166. The van der Waals surface area contributed by atoms with E-state index in [0.717, 1.165) is 128 Å². The van der Waals surface area contributed by atoms with E-state index in [9.17, 15) is 14.4 Å². The summed E-state index contributed by atoms with van der Waals surface area (Å²) in [4.78, 5) is 38.1. The van der Waals surface area contributed by atoms with Gasteiger partial charge in [-0.25, -0.2) is 0 Å². The first-order valence-electron chi connectivity index (χ1n) is 29.3. The molecule has 0 radical (unpaired) electrons. The third-order valence-electron chi connectivity index (χ3n) is 11.9. The van der Waals surface area contributed by atoms with E-state index in [2.05, 4.69) is 154 Å². The van der Waals surface area contributed by atoms with Crippen LogP contribution in [0.25, 0.3) is 0 Å². The van der Waals surface area contributed by atoms with Crippen molar-refractivity contribution in [2.45, 2.75) is 245 Å². The first kappa shape index (κ1) is 68.3. The number of allylic oxidation sites excluding steroid dienone is 23. The second-order valence-electron chi connectivity index (χ2n) is 18.8. The number of carbonyl (C=O) groups is 3. The summed E-state index contributed by atoms with van der Waals surface area (Å²) in [6, 6.07) is 0. The van der Waals surface area contributed by atoms with E-state index in [1.807, 2.05) is 6.08 Å². The Bertz CT molecular complexity index is 1630. The highest BCUT2D eigenvalue weighted by Gasteiger charge is 2.19. The van der Waals surface area contributed by atoms with Gasteiger partial charge in [-0.05, 0) is 103 Å². The van der Waals surface area contributed by atoms with Crippen molar-refractivity contribution < 1.29 is 28.6 Å². The second-order valence-corrected chi connectivity index (χ2v) is 18.8. The smallest absolute Gasteiger partial charge is 0.310 e. The number of hydrogen-bond donors (Lipinski definition) is 0. The molecule has 0 heterocycles. The lowest BCUT2D eigenvalue weighted by Crippen LogP contribution is -2.30. The third-order valence-corrected chi connectivity index (χ3v) is 11.9. The van der Waals surface area contributed by atoms with Gasteiger partial charge in [0.1, 0.15) is 13.2 Å². The van der Waals surface area contributed by atoms with Crippen molar-refractivity contribution in [1.29, 1.82) is 0 Å². The van der Waals surface area contributed by atoms with Gasteiger partial charge in [0.25, 0.3) is 0 Å². The molecule has 0 aliphatic carbocycles. The largest absolute Gasteiger partial charge is 0.462 e. The molecule has 0 fully saturated rings. The lowest BCUT2D eigenvalue weighted by atomic mass is 10.0. The van der Waals surface area contributed by atoms with Crippen LogP contribution in [0.15, 0.2) is 146 Å². The molecule has 1 atom stereocenters. The van der Waals surface area contributed by atoms with E-state index in [1.165, 1.54) is 64.2 Å². The quantitative estimate of drug-likeness (QED) is 0.0261. The first-order valence-corrected chi connectivity index (χ1v) is 29.3. The van der Waals surface area contributed by atoms with E-state index >= 15 is 0 Å². The monoisotopic (exact) mass is 1010 g/mol. The summed E-state index contributed by atoms with van der Waals surface area (Å²) in [5, 5.41) is 0. The number of unbranched alkanes of at least 4 members (excludes halogenated alkanes) is 17. The summed E-state index contributed by atoms with van der Waals surface area (Å²) in [6.45, 7) is 6.30. The van der Waals surface area contributed by atoms with E-state index < -0.39 is 12.1 Å². The van der Waals surface area contributed by atoms with Crippen LogP contribution in [0.1, 0.15) is 239 Å². The predicted molar refractivity (Wildman–Crippen MR) is 315 cm³/mol. The number of hydrogen-bond acceptors (Lipinski definition) is 6. The van der Waals surface area contributed by atoms with Gasteiger partial charge in [-0.1, -0.05) is 263 Å². The maximum absolute atomic E-state index is 12.8. The van der Waals surface area contributed by atoms with Crippen molar-refractivity contribution in [2.75, 3.05) is 13.2 Å². The van der Waals surface area contributed by atoms with Crippen molar-refractivity contribution in [3.63, 3.8) is 0 Å². The van der Waals surface area contributed by atoms with Crippen LogP contribution in [-0.4, -0.2) is 37.2 Å². The Balaban J connectivity index is 4.46. The molecule has 0 aliphatic heterocycles. The van der Waals surface area contributed by atoms with Gasteiger partial charge in [-0.3, -0.25) is 14.4 Å². The van der Waals surface area contributed by atoms with Gasteiger partial charge in [-0.15, -0.1) is 0 Å². The van der Waals surface area contributed by atoms with Crippen LogP contribution < -0.4 is 0 Å². The molecular formula is C67H106O6. The Labute approximate surface area is 448 Å². The molecule has 73 heavy (non-hydrogen) atoms. The summed E-state index contributed by atoms with van der Waals surface area (Å²) in [6.07, 6.45) is 85.8. The standard InChI is InChI=1S/C67H106O6/c1-4-7-10-13-16-19-22-25-27-28-29-30-31-32-33-34-35-36-37-38-40-42-45-48-51-54-57-60-66(69)72-63-64(62-71-65(68)59-56-53-50-47-44-41-24-21-18-15-12-9-6-3)73-67(70)61-58-55-52-49-46-43-39-26-23-20-17-14-11-8-5-2/h7-8,10-11,16-17,19-20,25-27,29-30,32-33,35-36,38-40,46,49,55,58,64H,4-6,9,12-15,18,21-24,28,31,34,37,41-45,47-48,50-54,56-57,59-63H2,1-3H3/b10-7-,11-8-,19-16-,20-17-,27-25-,30-29-,33-32-,36-35-,39-26-,40-38-,49-46-,58-55-. The predicted octanol–water partition coefficient (Wildman–Crippen LogP) is 20.0. The molecule has 0 spiro atoms. The van der Waals surface area contributed by atoms with Gasteiger partial charge >= 0.3 is 17.9 Å². The highest BCUT2D eigenvalue weighted by molar-refractivity contribution is 5.72. The zero-order valence-corrected chi connectivity index (χ0v) is 46.8. The van der Waals surface area contributed by atoms with Crippen molar-refractivity contribution in [3.05, 3.63) is 146 Å². The number of ether oxygens (including phenoxy) is 3. The molecule has 0 aromatic rings. The molecule has 0 bridgehead atoms. The van der Waals surface area contributed by atoms with Crippen molar-refractivity contribution in [3.8, 4) is 0 Å². The maximum atomic E-state index is 12.8. The molecule has 0 aromatic heterocycles. The normalized spacial score (nSPS) is 13.2. The SMILES string of the molecule is CC/C=C\C/C=C\C/C=C\C/C=C\C/C=C\C/C=C\C/C=C\CCCCCCCC(=O)OCC(COC(=O)CCCCCCCCCCCCCCC)OC(=O)C/C=C\C/C=C\C/C=C\C/C=C\C/C=C\CC. The van der Waals surface area contributed by atoms with E-state index in [4.69, 9.17) is 14.2 Å². The van der Waals surface area contributed by atoms with Gasteiger partial charge < -0.3 is 14.2 Å². The molecule has 0 aliphatic rings. The minimum absolute atomic E-state index is 0.0874. The zero-order chi connectivity index (χ0) is 52.9. The topological polar surface area (TPSA) is 78.9 Å². The summed E-state index contributed by atoms with van der Waals surface area (Å²) in [5.74, 6) is -1.08. The molecule has 0 amide bonds. The Morgan fingerprint density at radius 2 is 0.575 bits per heavy atom. The third kappa shape index (κ3) is 58.1. The van der Waals surface area contributed by atoms with Gasteiger partial charge in [-0.2, -0.15) is 0 Å². The first-order chi connectivity index (χ1) is 36.0. The molecular weight excluding hydrogens is 901 g/mol. The average molecular weight is 1010 g/mol. The second kappa shape index (κ2) is 59.8. The Kier molecular flexibility index (Phi) is 56.0. The molecule has 0 aromatic carbocycles. The number of carbonyl (C=O) groups excluding carboxylic acids is 3. The van der Waals surface area contributed by atoms with Crippen molar-refractivity contribution in [1.82, 2.24) is 0 Å². The van der Waals surface area contributed by atoms with Crippen LogP contribution in [0.2, 0.25) is 0 Å². The average Bonchev–Trinajstić information content (AvgIpc) is 3.39. The van der Waals surface area contributed by atoms with E-state index in [0.29, 0.717) is 19.3 Å². The van der Waals surface area contributed by atoms with Gasteiger partial charge in [0.2, 0.25) is 0 Å². The molecule has 6 nitrogen and oxygen atoms in total. The van der Waals surface area contributed by atoms with Gasteiger partial charge in [0.15, 0.2) is 6.10 Å². The van der Waals surface area contributed by atoms with Gasteiger partial charge in [0.05, 0.1) is 6.42 Å². The molecule has 0 saturated carbocycles. The number of esters is 3. The summed E-state index contributed by atoms with van der Waals surface area (Å²) in [5.41, 5.74) is 0. The highest BCUT2D eigenvalue weighted by Crippen LogP contribution is 2.14. The molecule has 6 heteroatoms. The van der Waals surface area contributed by atoms with Crippen LogP contribution in [0.5, 0.6) is 0 Å². The fourth-order valence-electron chi connectivity index (χ4n) is 7.56. The lowest BCUT2D eigenvalue weighted by Gasteiger charge is -2.18. The Hall–Kier alpha value is -4.71. The zero-order valence-electron chi connectivity index (χ0n) is 46.8. The fourth-order valence-corrected chi connectivity index (χ4v) is 7.56. The number of rotatable bonds is 51. The molecule has 0 rings (SSSR count). The summed E-state index contributed by atoms with van der Waals surface area (Å²) in [7, 11) is 0. The highest BCUT2D eigenvalue weighted by atomic mass is 16.6. The minimum Gasteiger partial charge on any atom is -0.462 e. The van der Waals surface area contributed by atoms with Crippen molar-refractivity contribution in [2.24, 2.45) is 0 Å². The van der Waals surface area contributed by atoms with Crippen LogP contribution >= 0.6 is 0 Å². The van der Waals surface area contributed by atoms with E-state index in [-0.39, 0.29) is 31.6 Å². The summed E-state index contributed by atoms with van der Waals surface area (Å²) >= 11 is 0. The van der Waals surface area contributed by atoms with Crippen molar-refractivity contribution >= 4 is 17.9 Å². The van der Waals surface area contributed by atoms with Crippen LogP contribution in [0.3, 0.4) is 0 Å². The fraction of sp³-hybridized carbons (Fsp3) is 0.597. The van der Waals surface area contributed by atoms with Crippen LogP contribution in [0, 0.1) is 0 Å². The van der Waals surface area contributed by atoms with Crippen LogP contribution in [0.4, 0.5) is 0 Å². The molecule has 0 saturated heterocycles. The van der Waals surface area contributed by atoms with Crippen LogP contribution in [-0.2, 0) is 28.6 Å². The van der Waals surface area contributed by atoms with Gasteiger partial charge in [0, 0.05) is 12.8 Å².